The van der Waals surface area contributed by atoms with Crippen LogP contribution in [-0.2, 0) is 0 Å². The van der Waals surface area contributed by atoms with Crippen LogP contribution in [0.15, 0.2) is 24.3 Å². The summed E-state index contributed by atoms with van der Waals surface area (Å²) in [5.74, 6) is -0.542. The number of hydrogen-bond acceptors (Lipinski definition) is 2. The van der Waals surface area contributed by atoms with Crippen LogP contribution < -0.4 is 5.32 Å². The van der Waals surface area contributed by atoms with Crippen molar-refractivity contribution in [3.63, 3.8) is 0 Å². The smallest absolute Gasteiger partial charge is 0.254 e. The van der Waals surface area contributed by atoms with Gasteiger partial charge in [-0.1, -0.05) is 12.1 Å². The zero-order chi connectivity index (χ0) is 12.3. The quantitative estimate of drug-likeness (QED) is 0.819. The van der Waals surface area contributed by atoms with E-state index in [1.807, 2.05) is 0 Å². The standard InChI is InChI=1S/C13H16FNO2/c14-11-4-2-1-3-10(11)13(17)15-8-7-12(16)9-5-6-9/h1-4,9,12,16H,5-8H2,(H,15,17)/t12-/m0/s1. The molecule has 2 N–H and O–H groups in total. The Kier molecular flexibility index (Phi) is 3.74. The van der Waals surface area contributed by atoms with Gasteiger partial charge in [-0.25, -0.2) is 4.39 Å². The van der Waals surface area contributed by atoms with E-state index in [4.69, 9.17) is 0 Å². The van der Waals surface area contributed by atoms with Crippen molar-refractivity contribution in [1.29, 1.82) is 0 Å². The Bertz CT molecular complexity index is 404. The molecule has 1 saturated carbocycles. The number of carbonyl (C=O) groups is 1. The Morgan fingerprint density at radius 2 is 2.18 bits per heavy atom. The summed E-state index contributed by atoms with van der Waals surface area (Å²) in [6.07, 6.45) is 2.34. The molecule has 0 aromatic heterocycles. The summed E-state index contributed by atoms with van der Waals surface area (Å²) in [7, 11) is 0. The van der Waals surface area contributed by atoms with Gasteiger partial charge in [-0.05, 0) is 37.3 Å². The molecule has 3 nitrogen and oxygen atoms in total. The number of hydrogen-bond donors (Lipinski definition) is 2. The topological polar surface area (TPSA) is 49.3 Å². The fraction of sp³-hybridized carbons (Fsp3) is 0.462. The second-order valence-corrected chi connectivity index (χ2v) is 4.43. The molecular formula is C13H16FNO2. The molecule has 92 valence electrons. The lowest BCUT2D eigenvalue weighted by Crippen LogP contribution is -2.28. The van der Waals surface area contributed by atoms with Crippen molar-refractivity contribution in [1.82, 2.24) is 5.32 Å². The molecule has 1 aliphatic rings. The van der Waals surface area contributed by atoms with E-state index < -0.39 is 11.7 Å². The number of amides is 1. The van der Waals surface area contributed by atoms with E-state index in [1.165, 1.54) is 12.1 Å². The van der Waals surface area contributed by atoms with E-state index >= 15 is 0 Å². The Labute approximate surface area is 99.7 Å². The van der Waals surface area contributed by atoms with Gasteiger partial charge in [0.05, 0.1) is 11.7 Å². The Balaban J connectivity index is 1.79. The first kappa shape index (κ1) is 12.0. The van der Waals surface area contributed by atoms with E-state index in [0.717, 1.165) is 12.8 Å². The Morgan fingerprint density at radius 1 is 1.47 bits per heavy atom. The maximum atomic E-state index is 13.3. The first-order valence-electron chi connectivity index (χ1n) is 5.89. The van der Waals surface area contributed by atoms with Gasteiger partial charge in [0, 0.05) is 6.54 Å². The van der Waals surface area contributed by atoms with Gasteiger partial charge in [0.1, 0.15) is 5.82 Å². The van der Waals surface area contributed by atoms with Gasteiger partial charge in [-0.2, -0.15) is 0 Å². The van der Waals surface area contributed by atoms with Gasteiger partial charge in [0.15, 0.2) is 0 Å². The molecule has 17 heavy (non-hydrogen) atoms. The molecule has 1 aliphatic carbocycles. The summed E-state index contributed by atoms with van der Waals surface area (Å²) in [4.78, 5) is 11.6. The van der Waals surface area contributed by atoms with Crippen molar-refractivity contribution in [2.75, 3.05) is 6.54 Å². The number of nitrogens with one attached hydrogen (secondary N) is 1. The van der Waals surface area contributed by atoms with Crippen LogP contribution in [0.5, 0.6) is 0 Å². The minimum atomic E-state index is -0.521. The van der Waals surface area contributed by atoms with E-state index in [1.54, 1.807) is 12.1 Å². The third-order valence-electron chi connectivity index (χ3n) is 3.01. The fourth-order valence-corrected chi connectivity index (χ4v) is 1.79. The lowest BCUT2D eigenvalue weighted by Gasteiger charge is -2.10. The van der Waals surface area contributed by atoms with Gasteiger partial charge in [-0.15, -0.1) is 0 Å². The van der Waals surface area contributed by atoms with E-state index in [-0.39, 0.29) is 11.7 Å². The second kappa shape index (κ2) is 5.27. The van der Waals surface area contributed by atoms with Crippen molar-refractivity contribution in [2.45, 2.75) is 25.4 Å². The van der Waals surface area contributed by atoms with Gasteiger partial charge in [0.2, 0.25) is 0 Å². The summed E-state index contributed by atoms with van der Waals surface area (Å²) in [5.41, 5.74) is 0.0495. The van der Waals surface area contributed by atoms with Gasteiger partial charge >= 0.3 is 0 Å². The molecule has 0 aliphatic heterocycles. The third kappa shape index (κ3) is 3.27. The normalized spacial score (nSPS) is 16.6. The van der Waals surface area contributed by atoms with Crippen LogP contribution in [0.2, 0.25) is 0 Å². The molecule has 1 aromatic rings. The predicted molar refractivity (Wildman–Crippen MR) is 62.1 cm³/mol. The van der Waals surface area contributed by atoms with Crippen LogP contribution in [0.25, 0.3) is 0 Å². The third-order valence-corrected chi connectivity index (χ3v) is 3.01. The monoisotopic (exact) mass is 237 g/mol. The van der Waals surface area contributed by atoms with Crippen molar-refractivity contribution >= 4 is 5.91 Å². The zero-order valence-electron chi connectivity index (χ0n) is 9.53. The number of aliphatic hydroxyl groups excluding tert-OH is 1. The van der Waals surface area contributed by atoms with Gasteiger partial charge in [-0.3, -0.25) is 4.79 Å². The number of aliphatic hydroxyl groups is 1. The highest BCUT2D eigenvalue weighted by Gasteiger charge is 2.29. The highest BCUT2D eigenvalue weighted by Crippen LogP contribution is 2.33. The molecule has 1 amide bonds. The lowest BCUT2D eigenvalue weighted by atomic mass is 10.1. The molecular weight excluding hydrogens is 221 g/mol. The molecule has 1 atom stereocenters. The SMILES string of the molecule is O=C(NCC[C@H](O)C1CC1)c1ccccc1F. The maximum absolute atomic E-state index is 13.3. The minimum absolute atomic E-state index is 0.0495. The largest absolute Gasteiger partial charge is 0.393 e. The van der Waals surface area contributed by atoms with Crippen LogP contribution in [0.3, 0.4) is 0 Å². The van der Waals surface area contributed by atoms with Gasteiger partial charge < -0.3 is 10.4 Å². The molecule has 0 bridgehead atoms. The molecule has 0 spiro atoms. The summed E-state index contributed by atoms with van der Waals surface area (Å²) in [6.45, 7) is 0.380. The Morgan fingerprint density at radius 3 is 2.82 bits per heavy atom. The minimum Gasteiger partial charge on any atom is -0.393 e. The fourth-order valence-electron chi connectivity index (χ4n) is 1.79. The number of benzene rings is 1. The van der Waals surface area contributed by atoms with Crippen molar-refractivity contribution in [3.05, 3.63) is 35.6 Å². The van der Waals surface area contributed by atoms with Crippen LogP contribution >= 0.6 is 0 Å². The van der Waals surface area contributed by atoms with E-state index in [0.29, 0.717) is 18.9 Å². The average Bonchev–Trinajstić information content (AvgIpc) is 3.13. The molecule has 0 saturated heterocycles. The molecule has 0 unspecified atom stereocenters. The second-order valence-electron chi connectivity index (χ2n) is 4.43. The maximum Gasteiger partial charge on any atom is 0.254 e. The highest BCUT2D eigenvalue weighted by molar-refractivity contribution is 5.94. The van der Waals surface area contributed by atoms with E-state index in [9.17, 15) is 14.3 Å². The van der Waals surface area contributed by atoms with Crippen LogP contribution in [0.1, 0.15) is 29.6 Å². The van der Waals surface area contributed by atoms with Crippen molar-refractivity contribution < 1.29 is 14.3 Å². The molecule has 1 aromatic carbocycles. The average molecular weight is 237 g/mol. The van der Waals surface area contributed by atoms with E-state index in [2.05, 4.69) is 5.32 Å². The van der Waals surface area contributed by atoms with Crippen LogP contribution in [-0.4, -0.2) is 23.7 Å². The summed E-state index contributed by atoms with van der Waals surface area (Å²) < 4.78 is 13.3. The summed E-state index contributed by atoms with van der Waals surface area (Å²) in [6, 6.07) is 5.87. The summed E-state index contributed by atoms with van der Waals surface area (Å²) in [5, 5.41) is 12.2. The van der Waals surface area contributed by atoms with Crippen molar-refractivity contribution in [2.24, 2.45) is 5.92 Å². The lowest BCUT2D eigenvalue weighted by molar-refractivity contribution is 0.0933. The van der Waals surface area contributed by atoms with Gasteiger partial charge in [0.25, 0.3) is 5.91 Å². The number of carbonyl (C=O) groups excluding carboxylic acids is 1. The molecule has 0 radical (unpaired) electrons. The summed E-state index contributed by atoms with van der Waals surface area (Å²) >= 11 is 0. The van der Waals surface area contributed by atoms with Crippen molar-refractivity contribution in [3.8, 4) is 0 Å². The Hall–Kier alpha value is -1.42. The first-order chi connectivity index (χ1) is 8.18. The highest BCUT2D eigenvalue weighted by atomic mass is 19.1. The number of rotatable bonds is 5. The predicted octanol–water partition coefficient (Wildman–Crippen LogP) is 1.72. The number of halogens is 1. The first-order valence-corrected chi connectivity index (χ1v) is 5.89. The molecule has 0 heterocycles. The molecule has 2 rings (SSSR count). The van der Waals surface area contributed by atoms with Crippen LogP contribution in [0.4, 0.5) is 4.39 Å². The molecule has 4 heteroatoms. The van der Waals surface area contributed by atoms with Crippen LogP contribution in [0, 0.1) is 11.7 Å². The molecule has 1 fully saturated rings. The zero-order valence-corrected chi connectivity index (χ0v) is 9.53.